The van der Waals surface area contributed by atoms with Crippen LogP contribution in [0.15, 0.2) is 34.7 Å². The van der Waals surface area contributed by atoms with E-state index in [1.807, 2.05) is 0 Å². The van der Waals surface area contributed by atoms with E-state index in [4.69, 9.17) is 23.4 Å². The molecule has 10 atom stereocenters. The third-order valence-corrected chi connectivity index (χ3v) is 7.28. The minimum atomic E-state index is -1.80. The Kier molecular flexibility index (Phi) is 8.41. The number of fused-ring (bicyclic) bond motifs is 1. The number of rotatable bonds is 6. The molecular formula is C27H31O16+. The molecule has 2 saturated heterocycles. The molecule has 1 aromatic heterocycles. The molecule has 10 unspecified atom stereocenters. The highest BCUT2D eigenvalue weighted by Gasteiger charge is 2.46. The number of phenols is 4. The van der Waals surface area contributed by atoms with Crippen molar-refractivity contribution in [2.75, 3.05) is 6.61 Å². The van der Waals surface area contributed by atoms with Crippen LogP contribution in [0.3, 0.4) is 0 Å². The Morgan fingerprint density at radius 3 is 1.91 bits per heavy atom. The van der Waals surface area contributed by atoms with Crippen molar-refractivity contribution in [1.29, 1.82) is 0 Å². The van der Waals surface area contributed by atoms with Gasteiger partial charge in [-0.1, -0.05) is 0 Å². The van der Waals surface area contributed by atoms with Gasteiger partial charge < -0.3 is 75.1 Å². The normalized spacial score (nSPS) is 32.9. The van der Waals surface area contributed by atoms with E-state index < -0.39 is 91.0 Å². The van der Waals surface area contributed by atoms with E-state index in [0.717, 1.165) is 24.3 Å². The van der Waals surface area contributed by atoms with Crippen LogP contribution < -0.4 is 9.47 Å². The van der Waals surface area contributed by atoms with Gasteiger partial charge >= 0.3 is 11.3 Å². The Labute approximate surface area is 242 Å². The summed E-state index contributed by atoms with van der Waals surface area (Å²) in [4.78, 5) is 0. The predicted molar refractivity (Wildman–Crippen MR) is 140 cm³/mol. The second kappa shape index (κ2) is 11.8. The second-order valence-electron chi connectivity index (χ2n) is 10.3. The number of aliphatic hydroxyl groups is 7. The maximum atomic E-state index is 10.5. The Balaban J connectivity index is 1.63. The van der Waals surface area contributed by atoms with Gasteiger partial charge in [0.1, 0.15) is 59.6 Å². The molecule has 16 heteroatoms. The zero-order valence-electron chi connectivity index (χ0n) is 22.3. The molecule has 0 saturated carbocycles. The Morgan fingerprint density at radius 1 is 0.698 bits per heavy atom. The number of hydrogen-bond donors (Lipinski definition) is 11. The Morgan fingerprint density at radius 2 is 1.28 bits per heavy atom. The van der Waals surface area contributed by atoms with Crippen LogP contribution >= 0.6 is 0 Å². The molecule has 16 nitrogen and oxygen atoms in total. The summed E-state index contributed by atoms with van der Waals surface area (Å²) >= 11 is 0. The standard InChI is InChI=1S/C27H30O16/c1-8-18(32)21(35)23(37)26(39-8)42-16-6-11-14(40-25(16)9-2-12(30)19(33)13(31)3-9)4-10(29)5-15(11)41-27-24(38)22(36)20(34)17(7-28)43-27/h2-6,8,17-18,20-24,26-28,32,34-38H,7H2,1H3,(H3-,29,30,31,33)/p+1. The van der Waals surface area contributed by atoms with Crippen molar-refractivity contribution < 1.29 is 79.5 Å². The lowest BCUT2D eigenvalue weighted by Crippen LogP contribution is -2.60. The van der Waals surface area contributed by atoms with Crippen LogP contribution in [0.25, 0.3) is 22.3 Å². The van der Waals surface area contributed by atoms with Crippen LogP contribution in [-0.2, 0) is 9.47 Å². The van der Waals surface area contributed by atoms with Gasteiger partial charge in [-0.3, -0.25) is 0 Å². The lowest BCUT2D eigenvalue weighted by molar-refractivity contribution is -0.277. The van der Waals surface area contributed by atoms with Gasteiger partial charge in [-0.2, -0.15) is 0 Å². The third kappa shape index (κ3) is 5.67. The smallest absolute Gasteiger partial charge is 0.402 e. The van der Waals surface area contributed by atoms with Crippen molar-refractivity contribution in [1.82, 2.24) is 0 Å². The van der Waals surface area contributed by atoms with Gasteiger partial charge in [0.25, 0.3) is 0 Å². The van der Waals surface area contributed by atoms with E-state index in [-0.39, 0.29) is 33.8 Å². The highest BCUT2D eigenvalue weighted by Crippen LogP contribution is 2.45. The van der Waals surface area contributed by atoms with Crippen LogP contribution in [0.2, 0.25) is 0 Å². The molecule has 0 aliphatic carbocycles. The van der Waals surface area contributed by atoms with E-state index in [1.165, 1.54) is 13.0 Å². The maximum Gasteiger partial charge on any atom is 0.402 e. The van der Waals surface area contributed by atoms with Gasteiger partial charge in [0.2, 0.25) is 18.3 Å². The quantitative estimate of drug-likeness (QED) is 0.113. The average molecular weight is 612 g/mol. The first-order chi connectivity index (χ1) is 20.3. The molecule has 3 heterocycles. The SMILES string of the molecule is CC1OC(Oc2cc3c(OC4OC(CO)C(O)C(O)C4O)cc(O)cc3[o+]c2-c2cc(O)c(O)c(O)c2)C(O)C(O)C1O. The summed E-state index contributed by atoms with van der Waals surface area (Å²) in [6.07, 6.45) is -15.6. The Bertz CT molecular complexity index is 1460. The molecule has 2 aliphatic heterocycles. The first kappa shape index (κ1) is 30.7. The fourth-order valence-corrected chi connectivity index (χ4v) is 4.82. The first-order valence-corrected chi connectivity index (χ1v) is 13.0. The summed E-state index contributed by atoms with van der Waals surface area (Å²) in [7, 11) is 0. The summed E-state index contributed by atoms with van der Waals surface area (Å²) < 4.78 is 28.4. The van der Waals surface area contributed by atoms with Crippen LogP contribution in [0.4, 0.5) is 0 Å². The number of benzene rings is 2. The number of hydrogen-bond acceptors (Lipinski definition) is 15. The fraction of sp³-hybridized carbons (Fsp3) is 0.444. The number of aromatic hydroxyl groups is 4. The number of ether oxygens (including phenoxy) is 4. The summed E-state index contributed by atoms with van der Waals surface area (Å²) in [6.45, 7) is 0.699. The van der Waals surface area contributed by atoms with Gasteiger partial charge in [0.05, 0.1) is 24.3 Å². The van der Waals surface area contributed by atoms with Gasteiger partial charge in [0.15, 0.2) is 17.2 Å². The second-order valence-corrected chi connectivity index (χ2v) is 10.3. The van der Waals surface area contributed by atoms with Gasteiger partial charge in [0, 0.05) is 24.3 Å². The highest BCUT2D eigenvalue weighted by molar-refractivity contribution is 5.89. The first-order valence-electron chi connectivity index (χ1n) is 13.0. The largest absolute Gasteiger partial charge is 0.507 e. The van der Waals surface area contributed by atoms with Crippen molar-refractivity contribution in [2.24, 2.45) is 0 Å². The van der Waals surface area contributed by atoms with E-state index in [0.29, 0.717) is 0 Å². The van der Waals surface area contributed by atoms with Crippen molar-refractivity contribution in [3.05, 3.63) is 30.3 Å². The zero-order chi connectivity index (χ0) is 31.3. The molecule has 0 amide bonds. The average Bonchev–Trinajstić information content (AvgIpc) is 2.97. The van der Waals surface area contributed by atoms with Crippen LogP contribution in [0.5, 0.6) is 34.5 Å². The molecule has 11 N–H and O–H groups in total. The molecule has 0 spiro atoms. The molecule has 2 fully saturated rings. The Hall–Kier alpha value is -3.71. The van der Waals surface area contributed by atoms with Crippen molar-refractivity contribution in [3.8, 4) is 45.8 Å². The van der Waals surface area contributed by atoms with Crippen molar-refractivity contribution in [2.45, 2.75) is 68.3 Å². The van der Waals surface area contributed by atoms with Crippen molar-refractivity contribution in [3.63, 3.8) is 0 Å². The minimum absolute atomic E-state index is 0.0275. The molecular weight excluding hydrogens is 580 g/mol. The van der Waals surface area contributed by atoms with E-state index in [1.54, 1.807) is 0 Å². The molecule has 3 aromatic rings. The summed E-state index contributed by atoms with van der Waals surface area (Å²) in [5.74, 6) is -3.43. The van der Waals surface area contributed by atoms with Crippen LogP contribution in [-0.4, -0.2) is 124 Å². The minimum Gasteiger partial charge on any atom is -0.507 e. The molecule has 0 radical (unpaired) electrons. The number of aliphatic hydroxyl groups excluding tert-OH is 7. The van der Waals surface area contributed by atoms with Crippen LogP contribution in [0.1, 0.15) is 6.92 Å². The van der Waals surface area contributed by atoms with E-state index in [2.05, 4.69) is 0 Å². The highest BCUT2D eigenvalue weighted by atomic mass is 16.7. The lowest BCUT2D eigenvalue weighted by atomic mass is 9.99. The topological polar surface area (TPSA) is 271 Å². The fourth-order valence-electron chi connectivity index (χ4n) is 4.82. The van der Waals surface area contributed by atoms with E-state index in [9.17, 15) is 56.2 Å². The summed E-state index contributed by atoms with van der Waals surface area (Å²) in [5.41, 5.74) is -0.175. The monoisotopic (exact) mass is 611 g/mol. The molecule has 2 aromatic carbocycles. The van der Waals surface area contributed by atoms with Gasteiger partial charge in [-0.15, -0.1) is 0 Å². The third-order valence-electron chi connectivity index (χ3n) is 7.28. The maximum absolute atomic E-state index is 10.5. The molecule has 0 bridgehead atoms. The predicted octanol–water partition coefficient (Wildman–Crippen LogP) is -1.41. The lowest BCUT2D eigenvalue weighted by Gasteiger charge is -2.39. The molecule has 5 rings (SSSR count). The molecule has 2 aliphatic rings. The molecule has 43 heavy (non-hydrogen) atoms. The molecule has 234 valence electrons. The zero-order valence-corrected chi connectivity index (χ0v) is 22.3. The number of phenolic OH excluding ortho intramolecular Hbond substituents is 4. The summed E-state index contributed by atoms with van der Waals surface area (Å²) in [6, 6.07) is 5.53. The summed E-state index contributed by atoms with van der Waals surface area (Å²) in [5, 5.41) is 112. The van der Waals surface area contributed by atoms with Gasteiger partial charge in [-0.05, 0) is 6.92 Å². The van der Waals surface area contributed by atoms with Gasteiger partial charge in [-0.25, -0.2) is 4.42 Å². The van der Waals surface area contributed by atoms with E-state index >= 15 is 0 Å². The van der Waals surface area contributed by atoms with Crippen molar-refractivity contribution >= 4 is 11.0 Å². The van der Waals surface area contributed by atoms with Crippen LogP contribution in [0, 0.1) is 0 Å².